The van der Waals surface area contributed by atoms with Gasteiger partial charge in [0.1, 0.15) is 5.82 Å². The van der Waals surface area contributed by atoms with Crippen molar-refractivity contribution in [3.63, 3.8) is 0 Å². The number of nitrogens with one attached hydrogen (secondary N) is 2. The predicted molar refractivity (Wildman–Crippen MR) is 92.7 cm³/mol. The van der Waals surface area contributed by atoms with Crippen molar-refractivity contribution < 1.29 is 18.8 Å². The zero-order chi connectivity index (χ0) is 18.7. The summed E-state index contributed by atoms with van der Waals surface area (Å²) in [6.45, 7) is 2.05. The number of hydrogen-bond donors (Lipinski definition) is 2. The number of halogens is 1. The van der Waals surface area contributed by atoms with Crippen LogP contribution in [0.15, 0.2) is 42.5 Å². The van der Waals surface area contributed by atoms with Crippen LogP contribution >= 0.6 is 0 Å². The van der Waals surface area contributed by atoms with Crippen LogP contribution in [0.25, 0.3) is 0 Å². The van der Waals surface area contributed by atoms with Gasteiger partial charge in [-0.15, -0.1) is 0 Å². The van der Waals surface area contributed by atoms with Gasteiger partial charge in [-0.1, -0.05) is 24.3 Å². The van der Waals surface area contributed by atoms with E-state index in [-0.39, 0.29) is 37.3 Å². The minimum Gasteiger partial charge on any atom is -0.348 e. The minimum absolute atomic E-state index is 0.00387. The number of carbonyl (C=O) groups excluding carboxylic acids is 3. The molecule has 2 aromatic rings. The number of rotatable bonds is 5. The van der Waals surface area contributed by atoms with Crippen LogP contribution in [0.1, 0.15) is 27.0 Å². The fraction of sp³-hybridized carbons (Fsp3) is 0.211. The minimum atomic E-state index is -0.434. The highest BCUT2D eigenvalue weighted by Crippen LogP contribution is 2.12. The Balaban J connectivity index is 1.65. The van der Waals surface area contributed by atoms with Crippen molar-refractivity contribution >= 4 is 17.8 Å². The van der Waals surface area contributed by atoms with Gasteiger partial charge in [0.2, 0.25) is 5.91 Å². The molecule has 1 fully saturated rings. The summed E-state index contributed by atoms with van der Waals surface area (Å²) in [7, 11) is 0. The summed E-state index contributed by atoms with van der Waals surface area (Å²) in [5.74, 6) is -0.865. The fourth-order valence-corrected chi connectivity index (χ4v) is 2.71. The van der Waals surface area contributed by atoms with Crippen LogP contribution in [0.2, 0.25) is 0 Å². The predicted octanol–water partition coefficient (Wildman–Crippen LogP) is 2.12. The van der Waals surface area contributed by atoms with E-state index in [0.717, 1.165) is 10.5 Å². The molecule has 0 atom stereocenters. The first-order valence-corrected chi connectivity index (χ1v) is 8.14. The van der Waals surface area contributed by atoms with Crippen molar-refractivity contribution in [1.82, 2.24) is 15.5 Å². The number of hydrogen-bond acceptors (Lipinski definition) is 3. The molecule has 0 aromatic heterocycles. The Hall–Kier alpha value is -3.22. The van der Waals surface area contributed by atoms with E-state index < -0.39 is 6.03 Å². The molecule has 0 bridgehead atoms. The van der Waals surface area contributed by atoms with Gasteiger partial charge in [-0.2, -0.15) is 0 Å². The Morgan fingerprint density at radius 1 is 1.19 bits per heavy atom. The molecule has 1 saturated heterocycles. The molecule has 3 rings (SSSR count). The first kappa shape index (κ1) is 17.6. The third-order valence-corrected chi connectivity index (χ3v) is 4.14. The molecule has 0 unspecified atom stereocenters. The molecule has 6 nitrogen and oxygen atoms in total. The summed E-state index contributed by atoms with van der Waals surface area (Å²) in [4.78, 5) is 36.7. The molecular formula is C19H18FN3O3. The van der Waals surface area contributed by atoms with E-state index in [1.807, 2.05) is 0 Å². The van der Waals surface area contributed by atoms with Crippen molar-refractivity contribution in [3.05, 3.63) is 70.5 Å². The van der Waals surface area contributed by atoms with Gasteiger partial charge in [0.05, 0.1) is 13.1 Å². The van der Waals surface area contributed by atoms with Gasteiger partial charge in [0, 0.05) is 12.1 Å². The summed E-state index contributed by atoms with van der Waals surface area (Å²) in [5.41, 5.74) is 2.43. The highest BCUT2D eigenvalue weighted by atomic mass is 19.1. The van der Waals surface area contributed by atoms with Crippen LogP contribution in [0.5, 0.6) is 0 Å². The third-order valence-electron chi connectivity index (χ3n) is 4.14. The Labute approximate surface area is 150 Å². The van der Waals surface area contributed by atoms with E-state index in [1.165, 1.54) is 6.07 Å². The normalized spacial score (nSPS) is 13.7. The molecule has 7 heteroatoms. The number of nitrogens with zero attached hydrogens (tertiary/aromatic N) is 1. The second-order valence-electron chi connectivity index (χ2n) is 6.11. The van der Waals surface area contributed by atoms with E-state index in [2.05, 4.69) is 10.6 Å². The van der Waals surface area contributed by atoms with Crippen LogP contribution in [-0.4, -0.2) is 29.3 Å². The molecule has 1 aliphatic heterocycles. The SMILES string of the molecule is Cc1cc(CNC(=O)c2cccc(CN3C(=O)CNC3=O)c2)ccc1F. The number of benzene rings is 2. The molecule has 2 N–H and O–H groups in total. The molecule has 1 aliphatic rings. The average Bonchev–Trinajstić information content (AvgIpc) is 2.94. The highest BCUT2D eigenvalue weighted by Gasteiger charge is 2.28. The first-order valence-electron chi connectivity index (χ1n) is 8.14. The maximum atomic E-state index is 13.3. The van der Waals surface area contributed by atoms with Gasteiger partial charge in [-0.25, -0.2) is 9.18 Å². The van der Waals surface area contributed by atoms with Gasteiger partial charge in [0.25, 0.3) is 5.91 Å². The van der Waals surface area contributed by atoms with E-state index in [1.54, 1.807) is 43.3 Å². The molecule has 26 heavy (non-hydrogen) atoms. The second kappa shape index (κ2) is 7.35. The molecule has 4 amide bonds. The Morgan fingerprint density at radius 2 is 2.00 bits per heavy atom. The zero-order valence-corrected chi connectivity index (χ0v) is 14.2. The molecule has 0 radical (unpaired) electrons. The maximum Gasteiger partial charge on any atom is 0.324 e. The third kappa shape index (κ3) is 3.88. The Kier molecular flexibility index (Phi) is 4.97. The lowest BCUT2D eigenvalue weighted by Crippen LogP contribution is -2.30. The molecule has 1 heterocycles. The summed E-state index contributed by atoms with van der Waals surface area (Å²) in [5, 5.41) is 5.23. The topological polar surface area (TPSA) is 78.5 Å². The lowest BCUT2D eigenvalue weighted by molar-refractivity contribution is -0.125. The number of carbonyl (C=O) groups is 3. The van der Waals surface area contributed by atoms with Gasteiger partial charge in [0.15, 0.2) is 0 Å². The molecule has 134 valence electrons. The highest BCUT2D eigenvalue weighted by molar-refractivity contribution is 6.02. The first-order chi connectivity index (χ1) is 12.4. The van der Waals surface area contributed by atoms with Gasteiger partial charge < -0.3 is 10.6 Å². The van der Waals surface area contributed by atoms with Crippen LogP contribution < -0.4 is 10.6 Å². The van der Waals surface area contributed by atoms with Crippen LogP contribution in [0.4, 0.5) is 9.18 Å². The number of amides is 4. The standard InChI is InChI=1S/C19H18FN3O3/c1-12-7-13(5-6-16(12)20)9-21-18(25)15-4-2-3-14(8-15)11-23-17(24)10-22-19(23)26/h2-8H,9-11H2,1H3,(H,21,25)(H,22,26). The monoisotopic (exact) mass is 355 g/mol. The summed E-state index contributed by atoms with van der Waals surface area (Å²) < 4.78 is 13.3. The number of imide groups is 1. The second-order valence-corrected chi connectivity index (χ2v) is 6.11. The van der Waals surface area contributed by atoms with Crippen molar-refractivity contribution in [2.24, 2.45) is 0 Å². The smallest absolute Gasteiger partial charge is 0.324 e. The quantitative estimate of drug-likeness (QED) is 0.807. The van der Waals surface area contributed by atoms with Crippen molar-refractivity contribution in [2.45, 2.75) is 20.0 Å². The Morgan fingerprint density at radius 3 is 2.69 bits per heavy atom. The van der Waals surface area contributed by atoms with Gasteiger partial charge >= 0.3 is 6.03 Å². The Bertz CT molecular complexity index is 866. The van der Waals surface area contributed by atoms with Crippen LogP contribution in [0, 0.1) is 12.7 Å². The molecule has 0 aliphatic carbocycles. The maximum absolute atomic E-state index is 13.3. The lowest BCUT2D eigenvalue weighted by atomic mass is 10.1. The summed E-state index contributed by atoms with van der Waals surface area (Å²) >= 11 is 0. The fourth-order valence-electron chi connectivity index (χ4n) is 2.71. The molecule has 0 spiro atoms. The molecule has 2 aromatic carbocycles. The largest absolute Gasteiger partial charge is 0.348 e. The average molecular weight is 355 g/mol. The number of urea groups is 1. The summed E-state index contributed by atoms with van der Waals surface area (Å²) in [6.07, 6.45) is 0. The molecule has 0 saturated carbocycles. The lowest BCUT2D eigenvalue weighted by Gasteiger charge is -2.13. The van der Waals surface area contributed by atoms with Crippen molar-refractivity contribution in [3.8, 4) is 0 Å². The van der Waals surface area contributed by atoms with Crippen LogP contribution in [0.3, 0.4) is 0 Å². The van der Waals surface area contributed by atoms with Gasteiger partial charge in [-0.3, -0.25) is 14.5 Å². The number of aryl methyl sites for hydroxylation is 1. The van der Waals surface area contributed by atoms with Gasteiger partial charge in [-0.05, 0) is 41.8 Å². The summed E-state index contributed by atoms with van der Waals surface area (Å²) in [6, 6.07) is 11.0. The van der Waals surface area contributed by atoms with E-state index in [0.29, 0.717) is 16.7 Å². The van der Waals surface area contributed by atoms with Crippen molar-refractivity contribution in [2.75, 3.05) is 6.54 Å². The molecular weight excluding hydrogens is 337 g/mol. The van der Waals surface area contributed by atoms with E-state index in [4.69, 9.17) is 0 Å². The van der Waals surface area contributed by atoms with E-state index in [9.17, 15) is 18.8 Å². The van der Waals surface area contributed by atoms with E-state index >= 15 is 0 Å². The van der Waals surface area contributed by atoms with Crippen LogP contribution in [-0.2, 0) is 17.9 Å². The zero-order valence-electron chi connectivity index (χ0n) is 14.2. The van der Waals surface area contributed by atoms with Crippen molar-refractivity contribution in [1.29, 1.82) is 0 Å².